The molecular weight excluding hydrogens is 296 g/mol. The summed E-state index contributed by atoms with van der Waals surface area (Å²) in [6, 6.07) is 5.27. The van der Waals surface area contributed by atoms with Crippen molar-refractivity contribution in [2.24, 2.45) is 0 Å². The van der Waals surface area contributed by atoms with Gasteiger partial charge < -0.3 is 9.32 Å². The minimum absolute atomic E-state index is 0.109. The zero-order valence-electron chi connectivity index (χ0n) is 12.9. The van der Waals surface area contributed by atoms with E-state index in [2.05, 4.69) is 20.5 Å². The van der Waals surface area contributed by atoms with Crippen LogP contribution in [0.4, 0.5) is 0 Å². The molecule has 0 bridgehead atoms. The molecule has 0 spiro atoms. The fourth-order valence-electron chi connectivity index (χ4n) is 2.73. The quantitative estimate of drug-likeness (QED) is 0.711. The summed E-state index contributed by atoms with van der Waals surface area (Å²) in [5, 5.41) is 11.4. The molecule has 23 heavy (non-hydrogen) atoms. The molecule has 3 aromatic heterocycles. The summed E-state index contributed by atoms with van der Waals surface area (Å²) in [4.78, 5) is 19.1. The summed E-state index contributed by atoms with van der Waals surface area (Å²) < 4.78 is 7.23. The third-order valence-corrected chi connectivity index (χ3v) is 3.97. The molecule has 0 saturated carbocycles. The Bertz CT molecular complexity index is 881. The fraction of sp³-hybridized carbons (Fsp3) is 0.400. The van der Waals surface area contributed by atoms with Crippen LogP contribution in [0.5, 0.6) is 0 Å². The summed E-state index contributed by atoms with van der Waals surface area (Å²) in [7, 11) is 0. The van der Waals surface area contributed by atoms with Crippen LogP contribution in [-0.2, 0) is 13.0 Å². The van der Waals surface area contributed by atoms with Crippen molar-refractivity contribution in [3.8, 4) is 0 Å². The van der Waals surface area contributed by atoms with Crippen LogP contribution in [0.15, 0.2) is 22.6 Å². The number of aromatic nitrogens is 5. The van der Waals surface area contributed by atoms with E-state index in [9.17, 15) is 4.79 Å². The van der Waals surface area contributed by atoms with E-state index < -0.39 is 0 Å². The van der Waals surface area contributed by atoms with Gasteiger partial charge >= 0.3 is 0 Å². The normalized spacial score (nSPS) is 14.5. The van der Waals surface area contributed by atoms with E-state index in [4.69, 9.17) is 4.42 Å². The van der Waals surface area contributed by atoms with Gasteiger partial charge in [-0.05, 0) is 22.6 Å². The highest BCUT2D eigenvalue weighted by Gasteiger charge is 2.28. The van der Waals surface area contributed by atoms with E-state index in [1.54, 1.807) is 23.1 Å². The van der Waals surface area contributed by atoms with Gasteiger partial charge in [-0.15, -0.1) is 5.10 Å². The van der Waals surface area contributed by atoms with Gasteiger partial charge in [0.05, 0.1) is 6.54 Å². The first-order chi connectivity index (χ1) is 11.1. The monoisotopic (exact) mass is 312 g/mol. The van der Waals surface area contributed by atoms with Gasteiger partial charge in [0.2, 0.25) is 0 Å². The Labute approximate surface area is 132 Å². The Balaban J connectivity index is 1.64. The molecule has 0 aliphatic carbocycles. The molecule has 8 nitrogen and oxygen atoms in total. The predicted octanol–water partition coefficient (Wildman–Crippen LogP) is 1.43. The Kier molecular flexibility index (Phi) is 3.10. The van der Waals surface area contributed by atoms with Crippen LogP contribution in [0.3, 0.4) is 0 Å². The van der Waals surface area contributed by atoms with Crippen LogP contribution in [0, 0.1) is 0 Å². The Morgan fingerprint density at radius 2 is 2.22 bits per heavy atom. The zero-order valence-corrected chi connectivity index (χ0v) is 12.9. The largest absolute Gasteiger partial charge is 0.445 e. The maximum atomic E-state index is 12.8. The van der Waals surface area contributed by atoms with E-state index in [1.165, 1.54) is 4.52 Å². The lowest BCUT2D eigenvalue weighted by Crippen LogP contribution is -2.36. The van der Waals surface area contributed by atoms with Gasteiger partial charge in [-0.2, -0.15) is 4.52 Å². The molecular formula is C15H16N6O2. The molecule has 0 saturated heterocycles. The number of pyridine rings is 1. The number of rotatable bonds is 2. The minimum atomic E-state index is -0.109. The SMILES string of the molecule is CC(C)c1nc2c(o1)CCN(C(=O)c1cccc3nnnn13)C2. The molecule has 0 atom stereocenters. The summed E-state index contributed by atoms with van der Waals surface area (Å²) in [5.41, 5.74) is 1.85. The highest BCUT2D eigenvalue weighted by Crippen LogP contribution is 2.24. The van der Waals surface area contributed by atoms with Crippen molar-refractivity contribution >= 4 is 11.6 Å². The third-order valence-electron chi connectivity index (χ3n) is 3.97. The maximum Gasteiger partial charge on any atom is 0.273 e. The molecule has 0 fully saturated rings. The fourth-order valence-corrected chi connectivity index (χ4v) is 2.73. The van der Waals surface area contributed by atoms with E-state index in [0.717, 1.165) is 17.3 Å². The average Bonchev–Trinajstić information content (AvgIpc) is 3.19. The first kappa shape index (κ1) is 13.9. The number of carbonyl (C=O) groups is 1. The molecule has 4 rings (SSSR count). The van der Waals surface area contributed by atoms with Crippen LogP contribution < -0.4 is 0 Å². The number of hydrogen-bond acceptors (Lipinski definition) is 6. The predicted molar refractivity (Wildman–Crippen MR) is 79.8 cm³/mol. The van der Waals surface area contributed by atoms with Gasteiger partial charge in [-0.3, -0.25) is 4.79 Å². The lowest BCUT2D eigenvalue weighted by Gasteiger charge is -2.25. The molecule has 1 aliphatic rings. The van der Waals surface area contributed by atoms with Gasteiger partial charge in [-0.1, -0.05) is 19.9 Å². The average molecular weight is 312 g/mol. The molecule has 1 aliphatic heterocycles. The molecule has 0 radical (unpaired) electrons. The number of tetrazole rings is 1. The van der Waals surface area contributed by atoms with Crippen molar-refractivity contribution in [1.82, 2.24) is 29.9 Å². The first-order valence-electron chi connectivity index (χ1n) is 7.58. The topological polar surface area (TPSA) is 89.4 Å². The number of amides is 1. The first-order valence-corrected chi connectivity index (χ1v) is 7.58. The molecule has 0 aromatic carbocycles. The smallest absolute Gasteiger partial charge is 0.273 e. The molecule has 3 aromatic rings. The molecule has 1 amide bonds. The lowest BCUT2D eigenvalue weighted by molar-refractivity contribution is 0.0718. The number of nitrogens with zero attached hydrogens (tertiary/aromatic N) is 6. The Hall–Kier alpha value is -2.77. The zero-order chi connectivity index (χ0) is 16.0. The van der Waals surface area contributed by atoms with Crippen molar-refractivity contribution in [3.63, 3.8) is 0 Å². The standard InChI is InChI=1S/C15H16N6O2/c1-9(2)14-16-10-8-20(7-6-12(10)23-14)15(22)11-4-3-5-13-17-18-19-21(11)13/h3-5,9H,6-8H2,1-2H3. The molecule has 118 valence electrons. The number of oxazole rings is 1. The van der Waals surface area contributed by atoms with Gasteiger partial charge in [0.15, 0.2) is 11.5 Å². The van der Waals surface area contributed by atoms with Crippen LogP contribution in [0.2, 0.25) is 0 Å². The van der Waals surface area contributed by atoms with E-state index in [1.807, 2.05) is 13.8 Å². The van der Waals surface area contributed by atoms with Crippen molar-refractivity contribution in [2.45, 2.75) is 32.7 Å². The van der Waals surface area contributed by atoms with Gasteiger partial charge in [0.1, 0.15) is 17.1 Å². The third kappa shape index (κ3) is 2.26. The highest BCUT2D eigenvalue weighted by atomic mass is 16.4. The molecule has 0 unspecified atom stereocenters. The summed E-state index contributed by atoms with van der Waals surface area (Å²) in [6.07, 6.45) is 0.673. The van der Waals surface area contributed by atoms with Gasteiger partial charge in [0.25, 0.3) is 5.91 Å². The number of carbonyl (C=O) groups excluding carboxylic acids is 1. The van der Waals surface area contributed by atoms with E-state index in [0.29, 0.717) is 30.9 Å². The Morgan fingerprint density at radius 3 is 3.04 bits per heavy atom. The van der Waals surface area contributed by atoms with Crippen molar-refractivity contribution in [2.75, 3.05) is 6.54 Å². The summed E-state index contributed by atoms with van der Waals surface area (Å²) >= 11 is 0. The second kappa shape index (κ2) is 5.15. The number of hydrogen-bond donors (Lipinski definition) is 0. The van der Waals surface area contributed by atoms with Crippen molar-refractivity contribution < 1.29 is 9.21 Å². The van der Waals surface area contributed by atoms with Gasteiger partial charge in [0, 0.05) is 18.9 Å². The number of fused-ring (bicyclic) bond motifs is 2. The van der Waals surface area contributed by atoms with Crippen LogP contribution in [0.25, 0.3) is 5.65 Å². The highest BCUT2D eigenvalue weighted by molar-refractivity contribution is 5.93. The van der Waals surface area contributed by atoms with Crippen LogP contribution in [0.1, 0.15) is 47.6 Å². The second-order valence-corrected chi connectivity index (χ2v) is 5.91. The van der Waals surface area contributed by atoms with E-state index in [-0.39, 0.29) is 11.8 Å². The molecule has 0 N–H and O–H groups in total. The van der Waals surface area contributed by atoms with Crippen LogP contribution in [-0.4, -0.2) is 42.4 Å². The summed E-state index contributed by atoms with van der Waals surface area (Å²) in [6.45, 7) is 5.12. The van der Waals surface area contributed by atoms with Crippen molar-refractivity contribution in [1.29, 1.82) is 0 Å². The van der Waals surface area contributed by atoms with E-state index >= 15 is 0 Å². The lowest BCUT2D eigenvalue weighted by atomic mass is 10.1. The Morgan fingerprint density at radius 1 is 1.35 bits per heavy atom. The molecule has 8 heteroatoms. The molecule has 4 heterocycles. The minimum Gasteiger partial charge on any atom is -0.445 e. The van der Waals surface area contributed by atoms with Crippen LogP contribution >= 0.6 is 0 Å². The van der Waals surface area contributed by atoms with Crippen molar-refractivity contribution in [3.05, 3.63) is 41.2 Å². The van der Waals surface area contributed by atoms with Gasteiger partial charge in [-0.25, -0.2) is 4.98 Å². The summed E-state index contributed by atoms with van der Waals surface area (Å²) in [5.74, 6) is 1.74. The second-order valence-electron chi connectivity index (χ2n) is 5.91. The maximum absolute atomic E-state index is 12.8.